The van der Waals surface area contributed by atoms with Gasteiger partial charge in [-0.15, -0.1) is 11.6 Å². The zero-order valence-corrected chi connectivity index (χ0v) is 12.0. The minimum atomic E-state index is -3.53. The van der Waals surface area contributed by atoms with E-state index in [-0.39, 0.29) is 17.0 Å². The largest absolute Gasteiger partial charge is 0.447 e. The van der Waals surface area contributed by atoms with E-state index in [9.17, 15) is 8.42 Å². The molecule has 1 fully saturated rings. The van der Waals surface area contributed by atoms with Crippen LogP contribution in [0.2, 0.25) is 0 Å². The molecule has 0 N–H and O–H groups in total. The van der Waals surface area contributed by atoms with Crippen molar-refractivity contribution < 1.29 is 12.8 Å². The fraction of sp³-hybridized carbons (Fsp3) is 0.636. The Bertz CT molecular complexity index is 514. The summed E-state index contributed by atoms with van der Waals surface area (Å²) in [4.78, 5) is 2.14. The summed E-state index contributed by atoms with van der Waals surface area (Å²) in [6, 6.07) is 3.27. The summed E-state index contributed by atoms with van der Waals surface area (Å²) < 4.78 is 31.4. The molecular weight excluding hydrogens is 276 g/mol. The van der Waals surface area contributed by atoms with Crippen molar-refractivity contribution in [2.45, 2.75) is 23.9 Å². The molecule has 1 saturated heterocycles. The van der Waals surface area contributed by atoms with Crippen LogP contribution in [0.1, 0.15) is 12.7 Å². The number of hydrogen-bond acceptors (Lipinski definition) is 4. The first-order valence-electron chi connectivity index (χ1n) is 5.80. The number of hydrogen-bond donors (Lipinski definition) is 0. The first-order valence-corrected chi connectivity index (χ1v) is 7.77. The molecule has 1 aromatic rings. The van der Waals surface area contributed by atoms with Crippen molar-refractivity contribution in [3.63, 3.8) is 0 Å². The van der Waals surface area contributed by atoms with Gasteiger partial charge in [0.05, 0.1) is 5.88 Å². The predicted octanol–water partition coefficient (Wildman–Crippen LogP) is 1.34. The van der Waals surface area contributed by atoms with Crippen LogP contribution in [0.15, 0.2) is 21.6 Å². The molecule has 0 aromatic carbocycles. The van der Waals surface area contributed by atoms with Gasteiger partial charge in [0, 0.05) is 25.7 Å². The molecule has 0 bridgehead atoms. The van der Waals surface area contributed by atoms with Crippen molar-refractivity contribution >= 4 is 21.6 Å². The van der Waals surface area contributed by atoms with Crippen LogP contribution in [-0.4, -0.2) is 50.3 Å². The SMILES string of the molecule is CC1CN(S(=O)(=O)c2ccc(CCl)o2)CCN1C. The van der Waals surface area contributed by atoms with E-state index >= 15 is 0 Å². The van der Waals surface area contributed by atoms with Gasteiger partial charge in [0.1, 0.15) is 5.76 Å². The van der Waals surface area contributed by atoms with Gasteiger partial charge < -0.3 is 9.32 Å². The van der Waals surface area contributed by atoms with E-state index in [2.05, 4.69) is 4.90 Å². The maximum absolute atomic E-state index is 12.3. The van der Waals surface area contributed by atoms with E-state index in [0.717, 1.165) is 6.54 Å². The number of likely N-dealkylation sites (N-methyl/N-ethyl adjacent to an activating group) is 1. The number of alkyl halides is 1. The first-order chi connectivity index (χ1) is 8.45. The maximum Gasteiger partial charge on any atom is 0.276 e. The number of rotatable bonds is 3. The van der Waals surface area contributed by atoms with Crippen LogP contribution in [0.4, 0.5) is 0 Å². The van der Waals surface area contributed by atoms with E-state index < -0.39 is 10.0 Å². The summed E-state index contributed by atoms with van der Waals surface area (Å²) in [6.07, 6.45) is 0. The third-order valence-corrected chi connectivity index (χ3v) is 5.29. The van der Waals surface area contributed by atoms with Gasteiger partial charge in [-0.3, -0.25) is 0 Å². The van der Waals surface area contributed by atoms with Crippen molar-refractivity contribution in [3.05, 3.63) is 17.9 Å². The summed E-state index contributed by atoms with van der Waals surface area (Å²) in [5.74, 6) is 0.645. The van der Waals surface area contributed by atoms with Crippen LogP contribution in [0.5, 0.6) is 0 Å². The van der Waals surface area contributed by atoms with Gasteiger partial charge in [0.15, 0.2) is 0 Å². The first kappa shape index (κ1) is 13.9. The molecule has 7 heteroatoms. The molecule has 1 aliphatic heterocycles. The lowest BCUT2D eigenvalue weighted by atomic mass is 10.2. The molecule has 1 unspecified atom stereocenters. The fourth-order valence-corrected chi connectivity index (χ4v) is 3.51. The van der Waals surface area contributed by atoms with Crippen molar-refractivity contribution in [1.82, 2.24) is 9.21 Å². The van der Waals surface area contributed by atoms with E-state index in [1.54, 1.807) is 6.07 Å². The molecule has 1 atom stereocenters. The predicted molar refractivity (Wildman–Crippen MR) is 69.1 cm³/mol. The van der Waals surface area contributed by atoms with Crippen LogP contribution >= 0.6 is 11.6 Å². The minimum Gasteiger partial charge on any atom is -0.447 e. The number of furan rings is 1. The maximum atomic E-state index is 12.3. The third-order valence-electron chi connectivity index (χ3n) is 3.29. The monoisotopic (exact) mass is 292 g/mol. The minimum absolute atomic E-state index is 0.0186. The lowest BCUT2D eigenvalue weighted by Crippen LogP contribution is -2.51. The Labute approximate surface area is 112 Å². The van der Waals surface area contributed by atoms with Gasteiger partial charge in [-0.05, 0) is 26.1 Å². The normalized spacial score (nSPS) is 23.4. The molecule has 0 spiro atoms. The highest BCUT2D eigenvalue weighted by molar-refractivity contribution is 7.89. The number of sulfonamides is 1. The highest BCUT2D eigenvalue weighted by Gasteiger charge is 2.32. The summed E-state index contributed by atoms with van der Waals surface area (Å²) in [7, 11) is -1.53. The van der Waals surface area contributed by atoms with Crippen molar-refractivity contribution in [3.8, 4) is 0 Å². The molecule has 2 rings (SSSR count). The van der Waals surface area contributed by atoms with Gasteiger partial charge in [-0.2, -0.15) is 4.31 Å². The molecule has 0 amide bonds. The molecular formula is C11H17ClN2O3S. The van der Waals surface area contributed by atoms with Crippen LogP contribution in [0.3, 0.4) is 0 Å². The van der Waals surface area contributed by atoms with Gasteiger partial charge in [0.25, 0.3) is 10.0 Å². The molecule has 102 valence electrons. The second kappa shape index (κ2) is 5.21. The van der Waals surface area contributed by atoms with Crippen molar-refractivity contribution in [2.75, 3.05) is 26.7 Å². The second-order valence-corrected chi connectivity index (χ2v) is 6.68. The molecule has 0 radical (unpaired) electrons. The van der Waals surface area contributed by atoms with Crippen LogP contribution in [0.25, 0.3) is 0 Å². The van der Waals surface area contributed by atoms with Gasteiger partial charge in [-0.1, -0.05) is 0 Å². The van der Waals surface area contributed by atoms with Crippen LogP contribution in [0, 0.1) is 0 Å². The van der Waals surface area contributed by atoms with Crippen LogP contribution in [-0.2, 0) is 15.9 Å². The van der Waals surface area contributed by atoms with Crippen molar-refractivity contribution in [1.29, 1.82) is 0 Å². The second-order valence-electron chi connectivity index (χ2n) is 4.55. The van der Waals surface area contributed by atoms with Gasteiger partial charge >= 0.3 is 0 Å². The lowest BCUT2D eigenvalue weighted by Gasteiger charge is -2.36. The number of halogens is 1. The average molecular weight is 293 g/mol. The van der Waals surface area contributed by atoms with Gasteiger partial charge in [0.2, 0.25) is 5.09 Å². The summed E-state index contributed by atoms with van der Waals surface area (Å²) in [6.45, 7) is 3.70. The zero-order valence-electron chi connectivity index (χ0n) is 10.5. The molecule has 1 aromatic heterocycles. The van der Waals surface area contributed by atoms with Crippen LogP contribution < -0.4 is 0 Å². The fourth-order valence-electron chi connectivity index (χ4n) is 1.93. The molecule has 1 aliphatic rings. The smallest absolute Gasteiger partial charge is 0.276 e. The summed E-state index contributed by atoms with van der Waals surface area (Å²) >= 11 is 5.61. The Morgan fingerprint density at radius 1 is 1.44 bits per heavy atom. The van der Waals surface area contributed by atoms with Gasteiger partial charge in [-0.25, -0.2) is 8.42 Å². The molecule has 0 aliphatic carbocycles. The number of nitrogens with zero attached hydrogens (tertiary/aromatic N) is 2. The van der Waals surface area contributed by atoms with Crippen molar-refractivity contribution in [2.24, 2.45) is 0 Å². The van der Waals surface area contributed by atoms with E-state index in [0.29, 0.717) is 18.8 Å². The quantitative estimate of drug-likeness (QED) is 0.789. The Hall–Kier alpha value is -0.560. The number of piperazine rings is 1. The third kappa shape index (κ3) is 2.56. The Morgan fingerprint density at radius 2 is 2.17 bits per heavy atom. The van der Waals surface area contributed by atoms with E-state index in [1.807, 2.05) is 14.0 Å². The van der Waals surface area contributed by atoms with E-state index in [1.165, 1.54) is 10.4 Å². The Kier molecular flexibility index (Phi) is 4.01. The molecule has 2 heterocycles. The molecule has 0 saturated carbocycles. The summed E-state index contributed by atoms with van der Waals surface area (Å²) in [5.41, 5.74) is 0. The highest BCUT2D eigenvalue weighted by atomic mass is 35.5. The van der Waals surface area contributed by atoms with E-state index in [4.69, 9.17) is 16.0 Å². The topological polar surface area (TPSA) is 53.8 Å². The Balaban J connectivity index is 2.21. The molecule has 18 heavy (non-hydrogen) atoms. The Morgan fingerprint density at radius 3 is 2.72 bits per heavy atom. The molecule has 5 nitrogen and oxygen atoms in total. The lowest BCUT2D eigenvalue weighted by molar-refractivity contribution is 0.158. The standard InChI is InChI=1S/C11H17ClN2O3S/c1-9-8-14(6-5-13(9)2)18(15,16)11-4-3-10(7-12)17-11/h3-4,9H,5-8H2,1-2H3. The highest BCUT2D eigenvalue weighted by Crippen LogP contribution is 2.22. The summed E-state index contributed by atoms with van der Waals surface area (Å²) in [5, 5.41) is -0.0186. The average Bonchev–Trinajstić information content (AvgIpc) is 2.81. The zero-order chi connectivity index (χ0) is 13.3.